The molecule has 204 valence electrons. The Hall–Kier alpha value is -3.84. The molecule has 0 unspecified atom stereocenters. The van der Waals surface area contributed by atoms with Gasteiger partial charge in [0, 0.05) is 76.6 Å². The summed E-state index contributed by atoms with van der Waals surface area (Å²) in [4.78, 5) is 29.2. The number of rotatable bonds is 8. The lowest BCUT2D eigenvalue weighted by molar-refractivity contribution is -0.678. The van der Waals surface area contributed by atoms with Crippen molar-refractivity contribution in [1.29, 1.82) is 0 Å². The molecule has 0 atom stereocenters. The molecule has 0 spiro atoms. The predicted molar refractivity (Wildman–Crippen MR) is 141 cm³/mol. The summed E-state index contributed by atoms with van der Waals surface area (Å²) < 4.78 is 13.7. The third-order valence-electron chi connectivity index (χ3n) is 7.43. The van der Waals surface area contributed by atoms with E-state index in [2.05, 4.69) is 55.2 Å². The molecule has 6 rings (SSSR count). The zero-order valence-corrected chi connectivity index (χ0v) is 21.8. The van der Waals surface area contributed by atoms with Crippen molar-refractivity contribution in [2.45, 2.75) is 19.5 Å². The van der Waals surface area contributed by atoms with Gasteiger partial charge in [0.15, 0.2) is 0 Å². The molecule has 12 heteroatoms. The Morgan fingerprint density at radius 3 is 1.38 bits per heavy atom. The fraction of sp³-hybridized carbons (Fsp3) is 0.407. The molecule has 39 heavy (non-hydrogen) atoms. The van der Waals surface area contributed by atoms with E-state index in [4.69, 9.17) is 9.05 Å². The highest BCUT2D eigenvalue weighted by molar-refractivity contribution is 5.34. The van der Waals surface area contributed by atoms with Gasteiger partial charge in [0.1, 0.15) is 0 Å². The van der Waals surface area contributed by atoms with Crippen molar-refractivity contribution in [3.63, 3.8) is 0 Å². The predicted octanol–water partition coefficient (Wildman–Crippen LogP) is -0.796. The van der Waals surface area contributed by atoms with E-state index in [1.165, 1.54) is 0 Å². The van der Waals surface area contributed by atoms with Gasteiger partial charge in [-0.2, -0.15) is 0 Å². The zero-order valence-electron chi connectivity index (χ0n) is 21.8. The standard InChI is InChI=1S/C27H32N8O4/c36-26-24(18-32-13-9-28-10-14-32)34(30-38-26)22-5-1-20(2-6-22)17-21-3-7-23(8-4-21)35-25(27(37)39-31-35)19-33-15-11-29-12-16-33/h1-8,28-29H,9-19H2/p+2. The summed E-state index contributed by atoms with van der Waals surface area (Å²) in [5.41, 5.74) is 4.48. The number of nitrogens with one attached hydrogen (secondary N) is 4. The van der Waals surface area contributed by atoms with Crippen molar-refractivity contribution >= 4 is 0 Å². The van der Waals surface area contributed by atoms with Gasteiger partial charge in [0.05, 0.1) is 13.1 Å². The molecule has 2 saturated heterocycles. The monoisotopic (exact) mass is 534 g/mol. The summed E-state index contributed by atoms with van der Waals surface area (Å²) in [6.07, 6.45) is 0.751. The molecular formula is C27H34N8O4+2. The number of nitrogens with zero attached hydrogens (tertiary/aromatic N) is 4. The lowest BCUT2D eigenvalue weighted by atomic mass is 10.0. The molecule has 4 aromatic rings. The molecule has 2 aliphatic rings. The largest absolute Gasteiger partial charge is 0.431 e. The van der Waals surface area contributed by atoms with Crippen LogP contribution in [0.1, 0.15) is 22.5 Å². The SMILES string of the molecule is O=c1o[nH][n+](-c2ccc(Cc3ccc(-[n+]4[nH]oc(=O)c4CN4CCNCC4)cc3)cc2)c1CN1CCNCC1. The van der Waals surface area contributed by atoms with Crippen molar-refractivity contribution in [3.8, 4) is 11.4 Å². The lowest BCUT2D eigenvalue weighted by Gasteiger charge is -2.24. The van der Waals surface area contributed by atoms with E-state index in [-0.39, 0.29) is 11.3 Å². The van der Waals surface area contributed by atoms with E-state index in [1.54, 1.807) is 9.36 Å². The molecule has 0 saturated carbocycles. The number of benzene rings is 2. The average Bonchev–Trinajstić information content (AvgIpc) is 3.52. The second-order valence-electron chi connectivity index (χ2n) is 10.1. The first-order valence-electron chi connectivity index (χ1n) is 13.4. The number of hydrogen-bond acceptors (Lipinski definition) is 8. The molecule has 4 N–H and O–H groups in total. The van der Waals surface area contributed by atoms with Crippen LogP contribution in [-0.4, -0.2) is 72.7 Å². The Morgan fingerprint density at radius 1 is 0.615 bits per heavy atom. The number of aromatic nitrogens is 4. The van der Waals surface area contributed by atoms with Gasteiger partial charge in [0.25, 0.3) is 0 Å². The third kappa shape index (κ3) is 5.78. The second kappa shape index (κ2) is 11.5. The number of H-pyrrole nitrogens is 2. The molecule has 0 aliphatic carbocycles. The minimum Gasteiger partial charge on any atom is -0.314 e. The minimum atomic E-state index is -0.342. The van der Waals surface area contributed by atoms with E-state index < -0.39 is 0 Å². The van der Waals surface area contributed by atoms with Crippen molar-refractivity contribution in [2.75, 3.05) is 52.4 Å². The Morgan fingerprint density at radius 2 is 1.00 bits per heavy atom. The van der Waals surface area contributed by atoms with Gasteiger partial charge in [-0.3, -0.25) is 18.8 Å². The topological polar surface area (TPSA) is 130 Å². The Bertz CT molecular complexity index is 1380. The van der Waals surface area contributed by atoms with Gasteiger partial charge in [0.2, 0.25) is 11.4 Å². The van der Waals surface area contributed by atoms with Crippen LogP contribution >= 0.6 is 0 Å². The first-order chi connectivity index (χ1) is 19.1. The highest BCUT2D eigenvalue weighted by Crippen LogP contribution is 2.13. The summed E-state index contributed by atoms with van der Waals surface area (Å²) >= 11 is 0. The Kier molecular flexibility index (Phi) is 7.50. The first kappa shape index (κ1) is 25.4. The smallest absolute Gasteiger partial charge is 0.314 e. The molecule has 2 aromatic carbocycles. The maximum Gasteiger partial charge on any atom is 0.431 e. The number of hydrogen-bond donors (Lipinski definition) is 4. The van der Waals surface area contributed by atoms with Crippen molar-refractivity contribution in [2.24, 2.45) is 0 Å². The molecule has 4 heterocycles. The van der Waals surface area contributed by atoms with E-state index in [0.717, 1.165) is 81.3 Å². The van der Waals surface area contributed by atoms with Crippen LogP contribution in [-0.2, 0) is 19.5 Å². The first-order valence-corrected chi connectivity index (χ1v) is 13.4. The molecular weight excluding hydrogens is 500 g/mol. The molecule has 2 fully saturated rings. The second-order valence-corrected chi connectivity index (χ2v) is 10.1. The van der Waals surface area contributed by atoms with Gasteiger partial charge in [-0.15, -0.1) is 0 Å². The summed E-state index contributed by atoms with van der Waals surface area (Å²) in [7, 11) is 0. The summed E-state index contributed by atoms with van der Waals surface area (Å²) in [6, 6.07) is 16.2. The number of piperazine rings is 2. The van der Waals surface area contributed by atoms with E-state index in [9.17, 15) is 9.59 Å². The van der Waals surface area contributed by atoms with Crippen LogP contribution in [0, 0.1) is 0 Å². The maximum atomic E-state index is 12.4. The maximum absolute atomic E-state index is 12.4. The lowest BCUT2D eigenvalue weighted by Crippen LogP contribution is -2.47. The van der Waals surface area contributed by atoms with Crippen LogP contribution in [0.2, 0.25) is 0 Å². The summed E-state index contributed by atoms with van der Waals surface area (Å²) in [5.74, 6) is 0. The fourth-order valence-corrected chi connectivity index (χ4v) is 5.20. The molecule has 12 nitrogen and oxygen atoms in total. The highest BCUT2D eigenvalue weighted by atomic mass is 16.5. The van der Waals surface area contributed by atoms with Gasteiger partial charge in [-0.05, 0) is 37.5 Å². The molecule has 2 aromatic heterocycles. The summed E-state index contributed by atoms with van der Waals surface area (Å²) in [5, 5.41) is 12.2. The van der Waals surface area contributed by atoms with Crippen LogP contribution in [0.5, 0.6) is 0 Å². The van der Waals surface area contributed by atoms with Crippen LogP contribution < -0.4 is 31.2 Å². The van der Waals surface area contributed by atoms with E-state index in [0.29, 0.717) is 24.5 Å². The molecule has 2 aliphatic heterocycles. The van der Waals surface area contributed by atoms with Crippen LogP contribution in [0.15, 0.2) is 67.2 Å². The average molecular weight is 535 g/mol. The van der Waals surface area contributed by atoms with Crippen molar-refractivity contribution in [1.82, 2.24) is 31.0 Å². The highest BCUT2D eigenvalue weighted by Gasteiger charge is 2.27. The van der Waals surface area contributed by atoms with Gasteiger partial charge in [-0.1, -0.05) is 24.3 Å². The van der Waals surface area contributed by atoms with Crippen LogP contribution in [0.4, 0.5) is 0 Å². The van der Waals surface area contributed by atoms with Gasteiger partial charge in [-0.25, -0.2) is 9.59 Å². The van der Waals surface area contributed by atoms with E-state index >= 15 is 0 Å². The van der Waals surface area contributed by atoms with Crippen molar-refractivity contribution in [3.05, 3.63) is 91.9 Å². The van der Waals surface area contributed by atoms with Crippen molar-refractivity contribution < 1.29 is 18.4 Å². The minimum absolute atomic E-state index is 0.342. The Labute approximate surface area is 224 Å². The molecule has 0 amide bonds. The van der Waals surface area contributed by atoms with Crippen LogP contribution in [0.25, 0.3) is 11.4 Å². The summed E-state index contributed by atoms with van der Waals surface area (Å²) in [6.45, 7) is 8.35. The third-order valence-corrected chi connectivity index (χ3v) is 7.43. The number of aromatic amines is 2. The quantitative estimate of drug-likeness (QED) is 0.216. The normalized spacial score (nSPS) is 17.0. The van der Waals surface area contributed by atoms with Crippen LogP contribution in [0.3, 0.4) is 0 Å². The Balaban J connectivity index is 1.13. The molecule has 0 radical (unpaired) electrons. The van der Waals surface area contributed by atoms with E-state index in [1.807, 2.05) is 24.3 Å². The van der Waals surface area contributed by atoms with Gasteiger partial charge < -0.3 is 10.6 Å². The molecule has 0 bridgehead atoms. The fourth-order valence-electron chi connectivity index (χ4n) is 5.20. The van der Waals surface area contributed by atoms with Gasteiger partial charge >= 0.3 is 22.6 Å². The zero-order chi connectivity index (χ0) is 26.6.